The van der Waals surface area contributed by atoms with Gasteiger partial charge in [-0.25, -0.2) is 9.18 Å². The second-order valence-electron chi connectivity index (χ2n) is 9.82. The SMILES string of the molecule is CCOC(=O)c1ccc(N2C(=O)[C@H](CC(=O)Nc3ccc(F)cc3)N(CCCN3CCN(CC)CC3)C2=S)cc1. The van der Waals surface area contributed by atoms with Crippen molar-refractivity contribution in [3.63, 3.8) is 0 Å². The van der Waals surface area contributed by atoms with Crippen molar-refractivity contribution in [1.82, 2.24) is 14.7 Å². The number of esters is 1. The van der Waals surface area contributed by atoms with Gasteiger partial charge in [0, 0.05) is 38.4 Å². The van der Waals surface area contributed by atoms with E-state index in [-0.39, 0.29) is 24.8 Å². The second kappa shape index (κ2) is 13.8. The summed E-state index contributed by atoms with van der Waals surface area (Å²) in [6.45, 7) is 10.7. The van der Waals surface area contributed by atoms with Crippen LogP contribution in [0.2, 0.25) is 0 Å². The highest BCUT2D eigenvalue weighted by atomic mass is 32.1. The lowest BCUT2D eigenvalue weighted by atomic mass is 10.1. The van der Waals surface area contributed by atoms with Crippen molar-refractivity contribution in [2.45, 2.75) is 32.7 Å². The zero-order chi connectivity index (χ0) is 28.6. The van der Waals surface area contributed by atoms with E-state index in [0.29, 0.717) is 28.6 Å². The van der Waals surface area contributed by atoms with Gasteiger partial charge in [-0.2, -0.15) is 0 Å². The molecule has 9 nitrogen and oxygen atoms in total. The van der Waals surface area contributed by atoms with E-state index in [1.165, 1.54) is 29.2 Å². The lowest BCUT2D eigenvalue weighted by Gasteiger charge is -2.34. The summed E-state index contributed by atoms with van der Waals surface area (Å²) in [6, 6.07) is 11.2. The van der Waals surface area contributed by atoms with E-state index in [0.717, 1.165) is 45.7 Å². The number of nitrogens with one attached hydrogen (secondary N) is 1. The lowest BCUT2D eigenvalue weighted by Crippen LogP contribution is -2.47. The molecule has 2 heterocycles. The fourth-order valence-corrected chi connectivity index (χ4v) is 5.41. The van der Waals surface area contributed by atoms with Gasteiger partial charge in [-0.15, -0.1) is 0 Å². The molecule has 0 aliphatic carbocycles. The Kier molecular flexibility index (Phi) is 10.2. The Morgan fingerprint density at radius 2 is 1.62 bits per heavy atom. The molecule has 2 saturated heterocycles. The van der Waals surface area contributed by atoms with E-state index < -0.39 is 17.8 Å². The van der Waals surface area contributed by atoms with Gasteiger partial charge in [0.15, 0.2) is 5.11 Å². The highest BCUT2D eigenvalue weighted by molar-refractivity contribution is 7.80. The molecule has 0 spiro atoms. The van der Waals surface area contributed by atoms with Gasteiger partial charge in [-0.05, 0) is 87.2 Å². The number of halogens is 1. The van der Waals surface area contributed by atoms with Crippen LogP contribution in [0.4, 0.5) is 15.8 Å². The fourth-order valence-electron chi connectivity index (χ4n) is 5.00. The van der Waals surface area contributed by atoms with Crippen molar-refractivity contribution >= 4 is 46.5 Å². The van der Waals surface area contributed by atoms with E-state index in [1.54, 1.807) is 31.2 Å². The van der Waals surface area contributed by atoms with Crippen LogP contribution in [0.25, 0.3) is 0 Å². The van der Waals surface area contributed by atoms with Crippen LogP contribution < -0.4 is 10.2 Å². The van der Waals surface area contributed by atoms with Crippen LogP contribution in [0.3, 0.4) is 0 Å². The maximum atomic E-state index is 13.7. The smallest absolute Gasteiger partial charge is 0.338 e. The molecule has 0 radical (unpaired) electrons. The summed E-state index contributed by atoms with van der Waals surface area (Å²) in [5.74, 6) is -1.52. The highest BCUT2D eigenvalue weighted by Crippen LogP contribution is 2.28. The molecule has 2 aliphatic heterocycles. The largest absolute Gasteiger partial charge is 0.462 e. The Morgan fingerprint density at radius 3 is 2.25 bits per heavy atom. The topological polar surface area (TPSA) is 85.4 Å². The number of thiocarbonyl (C=S) groups is 1. The maximum Gasteiger partial charge on any atom is 0.338 e. The molecule has 4 rings (SSSR count). The van der Waals surface area contributed by atoms with Crippen LogP contribution in [0, 0.1) is 5.82 Å². The monoisotopic (exact) mass is 569 g/mol. The third-order valence-electron chi connectivity index (χ3n) is 7.25. The normalized spacial score (nSPS) is 18.3. The summed E-state index contributed by atoms with van der Waals surface area (Å²) in [6.07, 6.45) is 0.675. The van der Waals surface area contributed by atoms with Crippen LogP contribution in [-0.2, 0) is 14.3 Å². The number of hydrogen-bond donors (Lipinski definition) is 1. The van der Waals surface area contributed by atoms with Gasteiger partial charge in [-0.1, -0.05) is 6.92 Å². The number of rotatable bonds is 11. The van der Waals surface area contributed by atoms with Crippen molar-refractivity contribution in [3.8, 4) is 0 Å². The van der Waals surface area contributed by atoms with E-state index >= 15 is 0 Å². The first kappa shape index (κ1) is 29.6. The van der Waals surface area contributed by atoms with Gasteiger partial charge < -0.3 is 24.8 Å². The summed E-state index contributed by atoms with van der Waals surface area (Å²) in [5.41, 5.74) is 1.34. The standard InChI is InChI=1S/C29H36FN5O4S/c1-3-32-16-18-33(19-17-32)14-5-15-34-25(20-26(36)31-23-10-8-22(30)9-11-23)27(37)35(29(34)40)24-12-6-21(7-13-24)28(38)39-4-2/h6-13,25H,3-5,14-20H2,1-2H3,(H,31,36)/t25-/m0/s1. The van der Waals surface area contributed by atoms with Crippen molar-refractivity contribution in [2.75, 3.05) is 62.6 Å². The molecule has 0 bridgehead atoms. The number of nitrogens with zero attached hydrogens (tertiary/aromatic N) is 4. The van der Waals surface area contributed by atoms with Gasteiger partial charge in [0.05, 0.1) is 24.3 Å². The average Bonchev–Trinajstić information content (AvgIpc) is 3.18. The molecule has 2 aromatic rings. The number of amides is 2. The van der Waals surface area contributed by atoms with Crippen LogP contribution in [0.5, 0.6) is 0 Å². The van der Waals surface area contributed by atoms with Crippen molar-refractivity contribution in [3.05, 3.63) is 59.9 Å². The molecule has 214 valence electrons. The predicted molar refractivity (Wildman–Crippen MR) is 156 cm³/mol. The van der Waals surface area contributed by atoms with E-state index in [9.17, 15) is 18.8 Å². The Labute approximate surface area is 239 Å². The first-order valence-electron chi connectivity index (χ1n) is 13.7. The second-order valence-corrected chi connectivity index (χ2v) is 10.2. The molecule has 1 atom stereocenters. The molecular formula is C29H36FN5O4S. The zero-order valence-corrected chi connectivity index (χ0v) is 23.8. The third kappa shape index (κ3) is 7.21. The Bertz CT molecular complexity index is 1200. The summed E-state index contributed by atoms with van der Waals surface area (Å²) in [5, 5.41) is 3.07. The summed E-state index contributed by atoms with van der Waals surface area (Å²) in [4.78, 5) is 46.8. The molecular weight excluding hydrogens is 533 g/mol. The summed E-state index contributed by atoms with van der Waals surface area (Å²) < 4.78 is 18.3. The number of benzene rings is 2. The Hall–Kier alpha value is -3.41. The maximum absolute atomic E-state index is 13.7. The summed E-state index contributed by atoms with van der Waals surface area (Å²) in [7, 11) is 0. The predicted octanol–water partition coefficient (Wildman–Crippen LogP) is 3.36. The Morgan fingerprint density at radius 1 is 0.975 bits per heavy atom. The van der Waals surface area contributed by atoms with Crippen LogP contribution in [0.15, 0.2) is 48.5 Å². The molecule has 11 heteroatoms. The highest BCUT2D eigenvalue weighted by Gasteiger charge is 2.44. The zero-order valence-electron chi connectivity index (χ0n) is 23.0. The van der Waals surface area contributed by atoms with Crippen LogP contribution in [-0.4, -0.2) is 96.1 Å². The average molecular weight is 570 g/mol. The van der Waals surface area contributed by atoms with Gasteiger partial charge >= 0.3 is 5.97 Å². The number of ether oxygens (including phenoxy) is 1. The molecule has 2 fully saturated rings. The third-order valence-corrected chi connectivity index (χ3v) is 7.66. The van der Waals surface area contributed by atoms with E-state index in [4.69, 9.17) is 17.0 Å². The molecule has 1 N–H and O–H groups in total. The number of piperazine rings is 1. The first-order valence-corrected chi connectivity index (χ1v) is 14.1. The minimum absolute atomic E-state index is 0.108. The van der Waals surface area contributed by atoms with Crippen molar-refractivity contribution < 1.29 is 23.5 Å². The minimum Gasteiger partial charge on any atom is -0.462 e. The summed E-state index contributed by atoms with van der Waals surface area (Å²) >= 11 is 5.77. The number of anilines is 2. The van der Waals surface area contributed by atoms with Gasteiger partial charge in [0.1, 0.15) is 11.9 Å². The van der Waals surface area contributed by atoms with Crippen LogP contribution in [0.1, 0.15) is 37.0 Å². The molecule has 2 aromatic carbocycles. The molecule has 0 unspecified atom stereocenters. The van der Waals surface area contributed by atoms with Crippen molar-refractivity contribution in [1.29, 1.82) is 0 Å². The number of carbonyl (C=O) groups is 3. The Balaban J connectivity index is 1.47. The molecule has 40 heavy (non-hydrogen) atoms. The molecule has 2 amide bonds. The van der Waals surface area contributed by atoms with Gasteiger partial charge in [0.2, 0.25) is 5.91 Å². The quantitative estimate of drug-likeness (QED) is 0.326. The molecule has 0 aromatic heterocycles. The fraction of sp³-hybridized carbons (Fsp3) is 0.448. The molecule has 2 aliphatic rings. The van der Waals surface area contributed by atoms with Gasteiger partial charge in [0.25, 0.3) is 5.91 Å². The van der Waals surface area contributed by atoms with Crippen molar-refractivity contribution in [2.24, 2.45) is 0 Å². The van der Waals surface area contributed by atoms with E-state index in [1.807, 2.05) is 4.90 Å². The van der Waals surface area contributed by atoms with Crippen LogP contribution >= 0.6 is 12.2 Å². The first-order chi connectivity index (χ1) is 19.3. The molecule has 0 saturated carbocycles. The minimum atomic E-state index is -0.783. The number of hydrogen-bond acceptors (Lipinski definition) is 7. The number of likely N-dealkylation sites (N-methyl/N-ethyl adjacent to an activating group) is 1. The lowest BCUT2D eigenvalue weighted by molar-refractivity contribution is -0.124. The van der Waals surface area contributed by atoms with Gasteiger partial charge in [-0.3, -0.25) is 14.5 Å². The van der Waals surface area contributed by atoms with E-state index in [2.05, 4.69) is 22.0 Å². The number of carbonyl (C=O) groups excluding carboxylic acids is 3.